The van der Waals surface area contributed by atoms with Crippen molar-refractivity contribution in [3.8, 4) is 16.9 Å². The van der Waals surface area contributed by atoms with Crippen LogP contribution in [0.15, 0.2) is 59.5 Å². The molecule has 6 nitrogen and oxygen atoms in total. The van der Waals surface area contributed by atoms with Crippen molar-refractivity contribution in [3.63, 3.8) is 0 Å². The zero-order chi connectivity index (χ0) is 23.1. The van der Waals surface area contributed by atoms with E-state index in [9.17, 15) is 21.6 Å². The Morgan fingerprint density at radius 2 is 1.75 bits per heavy atom. The lowest BCUT2D eigenvalue weighted by Crippen LogP contribution is -2.27. The first-order valence-electron chi connectivity index (χ1n) is 9.81. The highest BCUT2D eigenvalue weighted by atomic mass is 32.2. The smallest absolute Gasteiger partial charge is 0.348 e. The number of methoxy groups -OCH3 is 1. The van der Waals surface area contributed by atoms with Gasteiger partial charge in [-0.25, -0.2) is 13.1 Å². The Balaban J connectivity index is 1.84. The van der Waals surface area contributed by atoms with Gasteiger partial charge in [-0.1, -0.05) is 12.1 Å². The van der Waals surface area contributed by atoms with Crippen LogP contribution in [0.1, 0.15) is 24.1 Å². The van der Waals surface area contributed by atoms with Crippen molar-refractivity contribution in [1.82, 2.24) is 9.78 Å². The second kappa shape index (κ2) is 8.02. The number of hydrogen-bond acceptors (Lipinski definition) is 5. The minimum atomic E-state index is -4.45. The number of halogens is 3. The third-order valence-electron chi connectivity index (χ3n) is 5.43. The van der Waals surface area contributed by atoms with E-state index in [1.54, 1.807) is 18.2 Å². The third kappa shape index (κ3) is 4.17. The Labute approximate surface area is 183 Å². The van der Waals surface area contributed by atoms with E-state index in [0.29, 0.717) is 35.7 Å². The zero-order valence-electron chi connectivity index (χ0n) is 17.4. The van der Waals surface area contributed by atoms with Crippen LogP contribution in [0.3, 0.4) is 0 Å². The van der Waals surface area contributed by atoms with Gasteiger partial charge in [0.25, 0.3) is 0 Å². The van der Waals surface area contributed by atoms with Crippen molar-refractivity contribution in [3.05, 3.63) is 65.9 Å². The standard InChI is InChI=1S/C22H21F3N2O4S/c1-30-21(12-3-13-31-21)20-14-19(15-4-10-18(11-5-15)32(2,28)29)27(26-20)17-8-6-16(7-9-17)22(23,24)25/h4-11,14H,3,12-13H2,1-2H3. The van der Waals surface area contributed by atoms with Gasteiger partial charge >= 0.3 is 6.18 Å². The first-order chi connectivity index (χ1) is 15.0. The highest BCUT2D eigenvalue weighted by Crippen LogP contribution is 2.39. The highest BCUT2D eigenvalue weighted by Gasteiger charge is 2.40. The van der Waals surface area contributed by atoms with Gasteiger partial charge in [-0.2, -0.15) is 18.3 Å². The van der Waals surface area contributed by atoms with Gasteiger partial charge in [-0.05, 0) is 48.9 Å². The molecule has 1 atom stereocenters. The molecule has 2 heterocycles. The van der Waals surface area contributed by atoms with Crippen LogP contribution in [-0.2, 0) is 31.3 Å². The lowest BCUT2D eigenvalue weighted by atomic mass is 10.1. The Kier molecular flexibility index (Phi) is 5.64. The maximum Gasteiger partial charge on any atom is 0.416 e. The molecule has 0 saturated carbocycles. The first-order valence-corrected chi connectivity index (χ1v) is 11.7. The number of sulfone groups is 1. The van der Waals surface area contributed by atoms with Crippen molar-refractivity contribution < 1.29 is 31.1 Å². The summed E-state index contributed by atoms with van der Waals surface area (Å²) < 4.78 is 75.5. The SMILES string of the molecule is COC1(c2cc(-c3ccc(S(C)(=O)=O)cc3)n(-c3ccc(C(F)(F)F)cc3)n2)CCCO1. The van der Waals surface area contributed by atoms with Gasteiger partial charge in [0, 0.05) is 25.3 Å². The Bertz CT molecular complexity index is 1210. The summed E-state index contributed by atoms with van der Waals surface area (Å²) in [6.07, 6.45) is -1.97. The molecule has 0 aliphatic carbocycles. The van der Waals surface area contributed by atoms with Crippen molar-refractivity contribution in [1.29, 1.82) is 0 Å². The van der Waals surface area contributed by atoms with Gasteiger partial charge in [-0.15, -0.1) is 0 Å². The van der Waals surface area contributed by atoms with Crippen LogP contribution in [0.2, 0.25) is 0 Å². The van der Waals surface area contributed by atoms with E-state index in [1.165, 1.54) is 36.1 Å². The molecule has 1 fully saturated rings. The first kappa shape index (κ1) is 22.5. The highest BCUT2D eigenvalue weighted by molar-refractivity contribution is 7.90. The maximum absolute atomic E-state index is 13.0. The topological polar surface area (TPSA) is 70.4 Å². The fraction of sp³-hybridized carbons (Fsp3) is 0.318. The molecule has 1 aliphatic heterocycles. The Hall–Kier alpha value is -2.69. The van der Waals surface area contributed by atoms with Crippen LogP contribution in [0.4, 0.5) is 13.2 Å². The predicted molar refractivity (Wildman–Crippen MR) is 111 cm³/mol. The van der Waals surface area contributed by atoms with Gasteiger partial charge < -0.3 is 9.47 Å². The van der Waals surface area contributed by atoms with E-state index in [1.807, 2.05) is 0 Å². The minimum Gasteiger partial charge on any atom is -0.348 e. The van der Waals surface area contributed by atoms with Crippen molar-refractivity contribution >= 4 is 9.84 Å². The monoisotopic (exact) mass is 466 g/mol. The molecule has 0 bridgehead atoms. The molecule has 1 unspecified atom stereocenters. The molecule has 0 radical (unpaired) electrons. The zero-order valence-corrected chi connectivity index (χ0v) is 18.2. The summed E-state index contributed by atoms with van der Waals surface area (Å²) in [5.41, 5.74) is 1.34. The summed E-state index contributed by atoms with van der Waals surface area (Å²) in [4.78, 5) is 0.162. The normalized spacial score (nSPS) is 19.4. The molecule has 1 saturated heterocycles. The molecule has 3 aromatic rings. The van der Waals surface area contributed by atoms with Gasteiger partial charge in [0.2, 0.25) is 5.79 Å². The van der Waals surface area contributed by atoms with Crippen LogP contribution in [-0.4, -0.2) is 38.2 Å². The van der Waals surface area contributed by atoms with Crippen LogP contribution < -0.4 is 0 Å². The van der Waals surface area contributed by atoms with E-state index >= 15 is 0 Å². The average molecular weight is 466 g/mol. The van der Waals surface area contributed by atoms with Crippen molar-refractivity contribution in [2.45, 2.75) is 29.7 Å². The third-order valence-corrected chi connectivity index (χ3v) is 6.56. The molecule has 1 aliphatic rings. The van der Waals surface area contributed by atoms with Crippen LogP contribution in [0, 0.1) is 0 Å². The number of aromatic nitrogens is 2. The molecule has 10 heteroatoms. The lowest BCUT2D eigenvalue weighted by Gasteiger charge is -2.24. The summed E-state index contributed by atoms with van der Waals surface area (Å²) >= 11 is 0. The lowest BCUT2D eigenvalue weighted by molar-refractivity contribution is -0.204. The minimum absolute atomic E-state index is 0.162. The fourth-order valence-corrected chi connectivity index (χ4v) is 4.35. The number of benzene rings is 2. The Morgan fingerprint density at radius 3 is 2.25 bits per heavy atom. The molecule has 0 amide bonds. The molecule has 1 aromatic heterocycles. The molecule has 4 rings (SSSR count). The van der Waals surface area contributed by atoms with Crippen LogP contribution in [0.25, 0.3) is 16.9 Å². The van der Waals surface area contributed by atoms with Crippen LogP contribution in [0.5, 0.6) is 0 Å². The van der Waals surface area contributed by atoms with Crippen molar-refractivity contribution in [2.24, 2.45) is 0 Å². The second-order valence-corrected chi connectivity index (χ2v) is 9.59. The molecule has 0 spiro atoms. The fourth-order valence-electron chi connectivity index (χ4n) is 3.72. The van der Waals surface area contributed by atoms with Gasteiger partial charge in [0.15, 0.2) is 9.84 Å². The van der Waals surface area contributed by atoms with Gasteiger partial charge in [0.1, 0.15) is 5.69 Å². The van der Waals surface area contributed by atoms with E-state index in [2.05, 4.69) is 5.10 Å². The van der Waals surface area contributed by atoms with Crippen molar-refractivity contribution in [2.75, 3.05) is 20.0 Å². The second-order valence-electron chi connectivity index (χ2n) is 7.58. The number of ether oxygens (including phenoxy) is 2. The summed E-state index contributed by atoms with van der Waals surface area (Å²) in [6, 6.07) is 12.6. The number of nitrogens with zero attached hydrogens (tertiary/aromatic N) is 2. The molecule has 170 valence electrons. The van der Waals surface area contributed by atoms with E-state index < -0.39 is 27.4 Å². The molecule has 2 aromatic carbocycles. The van der Waals surface area contributed by atoms with Crippen LogP contribution >= 0.6 is 0 Å². The molecular weight excluding hydrogens is 445 g/mol. The number of alkyl halides is 3. The summed E-state index contributed by atoms with van der Waals surface area (Å²) in [5.74, 6) is -1.04. The van der Waals surface area contributed by atoms with Gasteiger partial charge in [0.05, 0.1) is 28.4 Å². The largest absolute Gasteiger partial charge is 0.416 e. The summed E-state index contributed by atoms with van der Waals surface area (Å²) in [5, 5.41) is 4.61. The summed E-state index contributed by atoms with van der Waals surface area (Å²) in [7, 11) is -1.86. The average Bonchev–Trinajstić information content (AvgIpc) is 3.41. The van der Waals surface area contributed by atoms with E-state index in [-0.39, 0.29) is 4.90 Å². The predicted octanol–water partition coefficient (Wildman–Crippen LogP) is 4.57. The van der Waals surface area contributed by atoms with E-state index in [0.717, 1.165) is 24.8 Å². The summed E-state index contributed by atoms with van der Waals surface area (Å²) in [6.45, 7) is 0.499. The van der Waals surface area contributed by atoms with Gasteiger partial charge in [-0.3, -0.25) is 0 Å². The molecular formula is C22H21F3N2O4S. The van der Waals surface area contributed by atoms with E-state index in [4.69, 9.17) is 9.47 Å². The number of hydrogen-bond donors (Lipinski definition) is 0. The number of rotatable bonds is 5. The maximum atomic E-state index is 13.0. The quantitative estimate of drug-likeness (QED) is 0.551. The molecule has 32 heavy (non-hydrogen) atoms. The molecule has 0 N–H and O–H groups in total. The Morgan fingerprint density at radius 1 is 1.09 bits per heavy atom.